The van der Waals surface area contributed by atoms with E-state index in [0.717, 1.165) is 10.6 Å². The number of thiazole rings is 1. The normalized spacial score (nSPS) is 12.2. The number of pyridine rings is 1. The molecule has 112 valence electrons. The van der Waals surface area contributed by atoms with Crippen LogP contribution >= 0.6 is 11.3 Å². The third-order valence-corrected chi connectivity index (χ3v) is 4.66. The number of aliphatic hydroxyl groups is 1. The van der Waals surface area contributed by atoms with Gasteiger partial charge in [0.2, 0.25) is 0 Å². The maximum absolute atomic E-state index is 12.3. The van der Waals surface area contributed by atoms with Crippen molar-refractivity contribution >= 4 is 17.2 Å². The lowest BCUT2D eigenvalue weighted by Gasteiger charge is -2.37. The number of carbonyl (C=O) groups is 1. The number of amides is 1. The van der Waals surface area contributed by atoms with Crippen LogP contribution in [0.3, 0.4) is 0 Å². The van der Waals surface area contributed by atoms with Crippen molar-refractivity contribution in [3.8, 4) is 10.6 Å². The maximum Gasteiger partial charge on any atom is 0.263 e. The Labute approximate surface area is 128 Å². The number of hydrogen-bond donors (Lipinski definition) is 2. The van der Waals surface area contributed by atoms with E-state index in [4.69, 9.17) is 0 Å². The number of hydrogen-bond acceptors (Lipinski definition) is 5. The van der Waals surface area contributed by atoms with Crippen LogP contribution in [0.15, 0.2) is 30.7 Å². The average molecular weight is 305 g/mol. The highest BCUT2D eigenvalue weighted by atomic mass is 32.1. The lowest BCUT2D eigenvalue weighted by atomic mass is 9.86. The molecule has 1 amide bonds. The summed E-state index contributed by atoms with van der Waals surface area (Å²) in [5.74, 6) is -0.236. The molecule has 0 unspecified atom stereocenters. The van der Waals surface area contributed by atoms with Crippen molar-refractivity contribution in [3.05, 3.63) is 35.6 Å². The Morgan fingerprint density at radius 2 is 1.86 bits per heavy atom. The number of aromatic nitrogens is 2. The minimum absolute atomic E-state index is 0.236. The van der Waals surface area contributed by atoms with Gasteiger partial charge in [0.1, 0.15) is 9.88 Å². The molecule has 2 heterocycles. The Balaban J connectivity index is 2.17. The summed E-state index contributed by atoms with van der Waals surface area (Å²) in [5, 5.41) is 13.7. The van der Waals surface area contributed by atoms with Gasteiger partial charge in [-0.3, -0.25) is 9.78 Å². The van der Waals surface area contributed by atoms with Gasteiger partial charge in [-0.25, -0.2) is 4.98 Å². The highest BCUT2D eigenvalue weighted by molar-refractivity contribution is 7.16. The molecule has 21 heavy (non-hydrogen) atoms. The fourth-order valence-corrected chi connectivity index (χ4v) is 2.32. The van der Waals surface area contributed by atoms with Gasteiger partial charge in [-0.1, -0.05) is 0 Å². The van der Waals surface area contributed by atoms with E-state index in [2.05, 4.69) is 15.3 Å². The minimum atomic E-state index is -1.03. The second-order valence-electron chi connectivity index (χ2n) is 5.90. The van der Waals surface area contributed by atoms with Gasteiger partial charge in [0, 0.05) is 18.0 Å². The zero-order chi connectivity index (χ0) is 15.7. The van der Waals surface area contributed by atoms with Crippen LogP contribution < -0.4 is 5.32 Å². The van der Waals surface area contributed by atoms with Crippen LogP contribution in [0.2, 0.25) is 0 Å². The first kappa shape index (κ1) is 15.6. The first-order chi connectivity index (χ1) is 9.71. The standard InChI is InChI=1S/C15H19N3O2S/c1-14(2,15(3,4)20)18-12(19)11-9-17-13(21-11)10-5-7-16-8-6-10/h5-9,20H,1-4H3,(H,18,19). The fourth-order valence-electron chi connectivity index (χ4n) is 1.51. The molecule has 0 aliphatic rings. The lowest BCUT2D eigenvalue weighted by molar-refractivity contribution is -0.00285. The van der Waals surface area contributed by atoms with E-state index in [1.807, 2.05) is 12.1 Å². The quantitative estimate of drug-likeness (QED) is 0.910. The van der Waals surface area contributed by atoms with E-state index in [1.54, 1.807) is 46.3 Å². The zero-order valence-electron chi connectivity index (χ0n) is 12.5. The van der Waals surface area contributed by atoms with Crippen molar-refractivity contribution in [3.63, 3.8) is 0 Å². The third-order valence-electron chi connectivity index (χ3n) is 3.61. The number of nitrogens with one attached hydrogen (secondary N) is 1. The lowest BCUT2D eigenvalue weighted by Crippen LogP contribution is -2.57. The fraction of sp³-hybridized carbons (Fsp3) is 0.400. The molecule has 2 aromatic heterocycles. The Hall–Kier alpha value is -1.79. The second kappa shape index (κ2) is 5.54. The zero-order valence-corrected chi connectivity index (χ0v) is 13.4. The molecular weight excluding hydrogens is 286 g/mol. The van der Waals surface area contributed by atoms with E-state index >= 15 is 0 Å². The molecule has 0 atom stereocenters. The van der Waals surface area contributed by atoms with Crippen LogP contribution in [0.1, 0.15) is 37.4 Å². The Morgan fingerprint density at radius 3 is 2.43 bits per heavy atom. The highest BCUT2D eigenvalue weighted by Crippen LogP contribution is 2.26. The predicted molar refractivity (Wildman–Crippen MR) is 83.2 cm³/mol. The number of nitrogens with zero attached hydrogens (tertiary/aromatic N) is 2. The maximum atomic E-state index is 12.3. The summed E-state index contributed by atoms with van der Waals surface area (Å²) in [6.07, 6.45) is 4.93. The van der Waals surface area contributed by atoms with E-state index in [1.165, 1.54) is 11.3 Å². The average Bonchev–Trinajstić information content (AvgIpc) is 2.87. The Bertz CT molecular complexity index is 630. The van der Waals surface area contributed by atoms with E-state index in [9.17, 15) is 9.90 Å². The van der Waals surface area contributed by atoms with Crippen LogP contribution in [0.5, 0.6) is 0 Å². The monoisotopic (exact) mass is 305 g/mol. The van der Waals surface area contributed by atoms with Crippen molar-refractivity contribution in [2.75, 3.05) is 0 Å². The van der Waals surface area contributed by atoms with E-state index < -0.39 is 11.1 Å². The van der Waals surface area contributed by atoms with Crippen LogP contribution in [0.25, 0.3) is 10.6 Å². The molecule has 0 spiro atoms. The van der Waals surface area contributed by atoms with Crippen LogP contribution in [0.4, 0.5) is 0 Å². The largest absolute Gasteiger partial charge is 0.388 e. The van der Waals surface area contributed by atoms with Gasteiger partial charge in [0.15, 0.2) is 0 Å². The minimum Gasteiger partial charge on any atom is -0.388 e. The summed E-state index contributed by atoms with van der Waals surface area (Å²) in [5.41, 5.74) is -0.845. The summed E-state index contributed by atoms with van der Waals surface area (Å²) >= 11 is 1.31. The number of rotatable bonds is 4. The summed E-state index contributed by atoms with van der Waals surface area (Å²) in [6, 6.07) is 3.70. The topological polar surface area (TPSA) is 75.1 Å². The van der Waals surface area contributed by atoms with Crippen molar-refractivity contribution < 1.29 is 9.90 Å². The summed E-state index contributed by atoms with van der Waals surface area (Å²) in [4.78, 5) is 21.0. The summed E-state index contributed by atoms with van der Waals surface area (Å²) < 4.78 is 0. The van der Waals surface area contributed by atoms with Gasteiger partial charge in [-0.05, 0) is 39.8 Å². The number of carbonyl (C=O) groups excluding carboxylic acids is 1. The molecule has 0 bridgehead atoms. The molecule has 6 heteroatoms. The molecule has 2 aromatic rings. The summed E-state index contributed by atoms with van der Waals surface area (Å²) in [7, 11) is 0. The molecule has 0 saturated heterocycles. The first-order valence-electron chi connectivity index (χ1n) is 6.62. The van der Waals surface area contributed by atoms with E-state index in [0.29, 0.717) is 4.88 Å². The smallest absolute Gasteiger partial charge is 0.263 e. The highest BCUT2D eigenvalue weighted by Gasteiger charge is 2.36. The Kier molecular flexibility index (Phi) is 4.11. The molecule has 0 aromatic carbocycles. The van der Waals surface area contributed by atoms with Crippen LogP contribution in [-0.2, 0) is 0 Å². The molecule has 0 aliphatic carbocycles. The van der Waals surface area contributed by atoms with Gasteiger partial charge >= 0.3 is 0 Å². The molecule has 0 aliphatic heterocycles. The van der Waals surface area contributed by atoms with Gasteiger partial charge < -0.3 is 10.4 Å². The van der Waals surface area contributed by atoms with Crippen LogP contribution in [0, 0.1) is 0 Å². The molecule has 2 rings (SSSR count). The molecule has 0 saturated carbocycles. The predicted octanol–water partition coefficient (Wildman–Crippen LogP) is 2.48. The Morgan fingerprint density at radius 1 is 1.24 bits per heavy atom. The molecule has 0 radical (unpaired) electrons. The first-order valence-corrected chi connectivity index (χ1v) is 7.43. The van der Waals surface area contributed by atoms with Gasteiger partial charge in [-0.15, -0.1) is 11.3 Å². The molecule has 2 N–H and O–H groups in total. The van der Waals surface area contributed by atoms with Crippen molar-refractivity contribution in [1.29, 1.82) is 0 Å². The van der Waals surface area contributed by atoms with Gasteiger partial charge in [0.25, 0.3) is 5.91 Å². The van der Waals surface area contributed by atoms with Crippen LogP contribution in [-0.4, -0.2) is 32.1 Å². The van der Waals surface area contributed by atoms with Gasteiger partial charge in [-0.2, -0.15) is 0 Å². The van der Waals surface area contributed by atoms with Gasteiger partial charge in [0.05, 0.1) is 17.3 Å². The van der Waals surface area contributed by atoms with Crippen molar-refractivity contribution in [2.24, 2.45) is 0 Å². The summed E-state index contributed by atoms with van der Waals surface area (Å²) in [6.45, 7) is 6.91. The van der Waals surface area contributed by atoms with Crippen molar-refractivity contribution in [1.82, 2.24) is 15.3 Å². The molecule has 0 fully saturated rings. The SMILES string of the molecule is CC(C)(O)C(C)(C)NC(=O)c1cnc(-c2ccncc2)s1. The van der Waals surface area contributed by atoms with Crippen molar-refractivity contribution in [2.45, 2.75) is 38.8 Å². The van der Waals surface area contributed by atoms with E-state index in [-0.39, 0.29) is 5.91 Å². The molecule has 5 nitrogen and oxygen atoms in total. The third kappa shape index (κ3) is 3.46. The second-order valence-corrected chi connectivity index (χ2v) is 6.93. The molecular formula is C15H19N3O2S.